The van der Waals surface area contributed by atoms with Crippen LogP contribution in [0.3, 0.4) is 0 Å². The van der Waals surface area contributed by atoms with Crippen molar-refractivity contribution in [3.63, 3.8) is 0 Å². The Morgan fingerprint density at radius 3 is 2.66 bits per heavy atom. The number of carbonyl (C=O) groups excluding carboxylic acids is 4. The average molecular weight is 910 g/mol. The number of rotatable bonds is 12. The third kappa shape index (κ3) is 10.4. The molecule has 16 heteroatoms. The van der Waals surface area contributed by atoms with Gasteiger partial charge in [-0.1, -0.05) is 40.3 Å². The molecule has 0 spiro atoms. The van der Waals surface area contributed by atoms with Crippen molar-refractivity contribution in [2.45, 2.75) is 110 Å². The summed E-state index contributed by atoms with van der Waals surface area (Å²) in [4.78, 5) is 71.3. The predicted molar refractivity (Wildman–Crippen MR) is 254 cm³/mol. The molecule has 2 N–H and O–H groups in total. The van der Waals surface area contributed by atoms with E-state index in [1.807, 2.05) is 51.2 Å². The van der Waals surface area contributed by atoms with E-state index in [1.54, 1.807) is 18.2 Å². The van der Waals surface area contributed by atoms with Crippen LogP contribution in [0.5, 0.6) is 0 Å². The molecular weight excluding hydrogens is 843 g/mol. The number of methoxy groups -OCH3 is 1. The van der Waals surface area contributed by atoms with Gasteiger partial charge in [0.15, 0.2) is 0 Å². The van der Waals surface area contributed by atoms with Crippen molar-refractivity contribution in [3.8, 4) is 22.5 Å². The molecule has 2 saturated heterocycles. The summed E-state index contributed by atoms with van der Waals surface area (Å²) in [6.45, 7) is 19.0. The minimum absolute atomic E-state index is 0.0784. The predicted octanol–water partition coefficient (Wildman–Crippen LogP) is 5.84. The largest absolute Gasteiger partial charge is 0.464 e. The lowest BCUT2D eigenvalue weighted by Crippen LogP contribution is -2.62. The third-order valence-electron chi connectivity index (χ3n) is 13.2. The molecule has 1 aromatic carbocycles. The number of carbonyl (C=O) groups is 4. The van der Waals surface area contributed by atoms with Crippen LogP contribution < -0.4 is 10.7 Å². The van der Waals surface area contributed by atoms with Crippen molar-refractivity contribution in [1.29, 1.82) is 0 Å². The Hall–Kier alpha value is -5.00. The van der Waals surface area contributed by atoms with Gasteiger partial charge in [0, 0.05) is 84.8 Å². The highest BCUT2D eigenvalue weighted by Crippen LogP contribution is 2.42. The molecule has 3 aromatic heterocycles. The summed E-state index contributed by atoms with van der Waals surface area (Å²) in [5, 5.41) is 8.42. The van der Waals surface area contributed by atoms with E-state index in [-0.39, 0.29) is 48.8 Å². The molecule has 0 radical (unpaired) electrons. The Morgan fingerprint density at radius 2 is 1.94 bits per heavy atom. The SMILES string of the molecule is C=CC(=O)N1CC[C@@H](N(C)CN(C)C(C(=O)N[C@H]2Cc3nc(cs3)-c3ccc4c(c3)c(c(-c3cccnc3[C@H](C)OC)n4CC)CC(C)(C)COC(=O)[C@@H]3CCCN(N3)C2=O)C(C)C)C1. The van der Waals surface area contributed by atoms with Crippen molar-refractivity contribution in [3.05, 3.63) is 70.8 Å². The van der Waals surface area contributed by atoms with Gasteiger partial charge >= 0.3 is 5.97 Å². The van der Waals surface area contributed by atoms with Gasteiger partial charge in [-0.3, -0.25) is 39.0 Å². The number of amides is 3. The normalized spacial score (nSPS) is 21.4. The van der Waals surface area contributed by atoms with Gasteiger partial charge in [-0.25, -0.2) is 10.4 Å². The molecule has 7 rings (SSSR count). The summed E-state index contributed by atoms with van der Waals surface area (Å²) >= 11 is 1.46. The molecule has 0 saturated carbocycles. The number of benzene rings is 1. The number of pyridine rings is 1. The Kier molecular flexibility index (Phi) is 14.9. The van der Waals surface area contributed by atoms with E-state index >= 15 is 0 Å². The number of aromatic nitrogens is 3. The zero-order valence-corrected chi connectivity index (χ0v) is 40.4. The van der Waals surface area contributed by atoms with Crippen LogP contribution in [0, 0.1) is 11.3 Å². The standard InChI is InChI=1S/C49H67N9O6S/c1-11-42(59)56-22-19-33(26-56)54(8)29-55(9)44(30(3)4)46(60)52-38-24-41-51-39(27-65-41)32-17-18-40-35(23-32)36(45(57(40)12-2)34-15-13-20-50-43(34)31(5)63-10)25-49(6,7)28-64-48(62)37-16-14-21-58(53-37)47(38)61/h11,13,15,17-18,20,23,27,30-31,33,37-38,44,53H,1,12,14,16,19,21-22,24-26,28-29H2,2-10H3,(H,52,60)/t31-,33+,37-,38-,44?/m0/s1. The maximum atomic E-state index is 14.6. The summed E-state index contributed by atoms with van der Waals surface area (Å²) in [6, 6.07) is 8.37. The molecule has 350 valence electrons. The number of likely N-dealkylation sites (tertiary alicyclic amines) is 1. The molecule has 15 nitrogen and oxygen atoms in total. The van der Waals surface area contributed by atoms with Crippen molar-refractivity contribution in [1.82, 2.24) is 45.0 Å². The summed E-state index contributed by atoms with van der Waals surface area (Å²) < 4.78 is 14.3. The van der Waals surface area contributed by atoms with Crippen LogP contribution in [0.15, 0.2) is 54.6 Å². The second-order valence-electron chi connectivity index (χ2n) is 19.0. The average Bonchev–Trinajstić information content (AvgIpc) is 4.05. The maximum Gasteiger partial charge on any atom is 0.324 e. The van der Waals surface area contributed by atoms with E-state index in [0.717, 1.165) is 51.1 Å². The zero-order chi connectivity index (χ0) is 46.7. The number of aryl methyl sites for hydroxylation is 1. The molecule has 3 aliphatic heterocycles. The molecule has 3 aliphatic rings. The monoisotopic (exact) mass is 909 g/mol. The van der Waals surface area contributed by atoms with Crippen LogP contribution in [0.4, 0.5) is 0 Å². The number of hydrogen-bond donors (Lipinski definition) is 2. The minimum atomic E-state index is -0.972. The Morgan fingerprint density at radius 1 is 1.15 bits per heavy atom. The van der Waals surface area contributed by atoms with Crippen molar-refractivity contribution >= 4 is 45.9 Å². The first-order chi connectivity index (χ1) is 31.0. The van der Waals surface area contributed by atoms with E-state index in [4.69, 9.17) is 19.4 Å². The topological polar surface area (TPSA) is 154 Å². The van der Waals surface area contributed by atoms with Crippen molar-refractivity contribution < 1.29 is 28.7 Å². The molecule has 0 aliphatic carbocycles. The van der Waals surface area contributed by atoms with E-state index in [0.29, 0.717) is 57.1 Å². The molecule has 2 fully saturated rings. The van der Waals surface area contributed by atoms with Crippen LogP contribution in [0.25, 0.3) is 33.4 Å². The van der Waals surface area contributed by atoms with E-state index in [1.165, 1.54) is 22.4 Å². The minimum Gasteiger partial charge on any atom is -0.464 e. The fraction of sp³-hybridized carbons (Fsp3) is 0.551. The quantitative estimate of drug-likeness (QED) is 0.100. The fourth-order valence-corrected chi connectivity index (χ4v) is 10.7. The van der Waals surface area contributed by atoms with Crippen LogP contribution in [0.2, 0.25) is 0 Å². The number of hydrogen-bond acceptors (Lipinski definition) is 12. The number of esters is 1. The van der Waals surface area contributed by atoms with Crippen LogP contribution in [0.1, 0.15) is 83.2 Å². The van der Waals surface area contributed by atoms with Crippen LogP contribution in [-0.2, 0) is 48.0 Å². The van der Waals surface area contributed by atoms with Gasteiger partial charge in [-0.15, -0.1) is 11.3 Å². The highest BCUT2D eigenvalue weighted by atomic mass is 32.1. The lowest BCUT2D eigenvalue weighted by Gasteiger charge is -2.37. The lowest BCUT2D eigenvalue weighted by atomic mass is 9.84. The summed E-state index contributed by atoms with van der Waals surface area (Å²) in [5.41, 5.74) is 9.51. The smallest absolute Gasteiger partial charge is 0.324 e. The molecule has 4 aromatic rings. The summed E-state index contributed by atoms with van der Waals surface area (Å²) in [5.74, 6) is -1.21. The lowest BCUT2D eigenvalue weighted by molar-refractivity contribution is -0.155. The van der Waals surface area contributed by atoms with Crippen molar-refractivity contribution in [2.24, 2.45) is 11.3 Å². The van der Waals surface area contributed by atoms with Crippen LogP contribution in [-0.4, -0.2) is 136 Å². The molecule has 1 unspecified atom stereocenters. The number of thiazole rings is 1. The van der Waals surface area contributed by atoms with Gasteiger partial charge in [0.1, 0.15) is 12.1 Å². The summed E-state index contributed by atoms with van der Waals surface area (Å²) in [7, 11) is 5.62. The summed E-state index contributed by atoms with van der Waals surface area (Å²) in [6.07, 6.45) is 5.57. The highest BCUT2D eigenvalue weighted by molar-refractivity contribution is 7.10. The molecule has 6 heterocycles. The number of ether oxygens (including phenoxy) is 2. The van der Waals surface area contributed by atoms with Crippen LogP contribution >= 0.6 is 11.3 Å². The number of fused-ring (bicyclic) bond motifs is 6. The molecule has 6 bridgehead atoms. The molecule has 3 amide bonds. The number of nitrogens with one attached hydrogen (secondary N) is 2. The number of nitrogens with zero attached hydrogens (tertiary/aromatic N) is 7. The van der Waals surface area contributed by atoms with E-state index in [2.05, 4.69) is 71.8 Å². The van der Waals surface area contributed by atoms with E-state index in [9.17, 15) is 19.2 Å². The first-order valence-corrected chi connectivity index (χ1v) is 23.9. The van der Waals surface area contributed by atoms with Crippen molar-refractivity contribution in [2.75, 3.05) is 54.1 Å². The van der Waals surface area contributed by atoms with Gasteiger partial charge in [-0.2, -0.15) is 0 Å². The Balaban J connectivity index is 1.24. The van der Waals surface area contributed by atoms with Gasteiger partial charge in [0.25, 0.3) is 5.91 Å². The maximum absolute atomic E-state index is 14.6. The molecule has 5 atom stereocenters. The Bertz CT molecular complexity index is 2390. The highest BCUT2D eigenvalue weighted by Gasteiger charge is 2.38. The fourth-order valence-electron chi connectivity index (χ4n) is 9.82. The Labute approximate surface area is 387 Å². The molecular formula is C49H67N9O6S. The number of hydrazine groups is 1. The number of likely N-dealkylation sites (N-methyl/N-ethyl adjacent to an activating group) is 2. The first-order valence-electron chi connectivity index (χ1n) is 23.0. The molecule has 65 heavy (non-hydrogen) atoms. The van der Waals surface area contributed by atoms with E-state index < -0.39 is 29.5 Å². The van der Waals surface area contributed by atoms with Gasteiger partial charge in [0.2, 0.25) is 11.8 Å². The van der Waals surface area contributed by atoms with Gasteiger partial charge < -0.3 is 24.3 Å². The second-order valence-corrected chi connectivity index (χ2v) is 20.0. The first kappa shape index (κ1) is 47.9. The zero-order valence-electron chi connectivity index (χ0n) is 39.6. The second kappa shape index (κ2) is 20.3. The third-order valence-corrected chi connectivity index (χ3v) is 14.1. The van der Waals surface area contributed by atoms with Gasteiger partial charge in [0.05, 0.1) is 47.5 Å². The van der Waals surface area contributed by atoms with Gasteiger partial charge in [-0.05, 0) is 95.4 Å². The number of cyclic esters (lactones) is 1.